The molecule has 0 aliphatic rings. The third-order valence-corrected chi connectivity index (χ3v) is 3.68. The molecule has 1 heterocycles. The number of imidazole rings is 1. The molecule has 0 aliphatic carbocycles. The predicted molar refractivity (Wildman–Crippen MR) is 63.9 cm³/mol. The van der Waals surface area contributed by atoms with E-state index in [0.717, 1.165) is 0 Å². The van der Waals surface area contributed by atoms with Gasteiger partial charge in [0.05, 0.1) is 18.6 Å². The lowest BCUT2D eigenvalue weighted by Crippen LogP contribution is -2.35. The molecule has 0 saturated heterocycles. The highest BCUT2D eigenvalue weighted by atomic mass is 32.2. The van der Waals surface area contributed by atoms with Crippen LogP contribution in [0, 0.1) is 5.41 Å². The van der Waals surface area contributed by atoms with Crippen molar-refractivity contribution in [2.75, 3.05) is 6.54 Å². The molecule has 0 radical (unpaired) electrons. The monoisotopic (exact) mass is 261 g/mol. The van der Waals surface area contributed by atoms with Crippen LogP contribution in [0.15, 0.2) is 17.6 Å². The molecule has 7 heteroatoms. The fourth-order valence-corrected chi connectivity index (χ4v) is 2.77. The van der Waals surface area contributed by atoms with Gasteiger partial charge in [-0.05, 0) is 18.8 Å². The summed E-state index contributed by atoms with van der Waals surface area (Å²) in [6.45, 7) is 5.74. The summed E-state index contributed by atoms with van der Waals surface area (Å²) >= 11 is 0. The van der Waals surface area contributed by atoms with Gasteiger partial charge in [0.25, 0.3) is 10.0 Å². The Kier molecular flexibility index (Phi) is 4.29. The van der Waals surface area contributed by atoms with E-state index in [-0.39, 0.29) is 17.0 Å². The van der Waals surface area contributed by atoms with E-state index in [4.69, 9.17) is 0 Å². The third kappa shape index (κ3) is 4.45. The Bertz CT molecular complexity index is 437. The van der Waals surface area contributed by atoms with Gasteiger partial charge in [-0.25, -0.2) is 18.1 Å². The Morgan fingerprint density at radius 3 is 2.71 bits per heavy atom. The lowest BCUT2D eigenvalue weighted by atomic mass is 9.87. The van der Waals surface area contributed by atoms with E-state index in [2.05, 4.69) is 14.7 Å². The molecule has 0 saturated carbocycles. The minimum atomic E-state index is -3.54. The maximum Gasteiger partial charge on any atom is 0.257 e. The highest BCUT2D eigenvalue weighted by Crippen LogP contribution is 2.21. The molecular formula is C10H19N3O3S. The number of nitrogens with one attached hydrogen (secondary N) is 2. The van der Waals surface area contributed by atoms with E-state index in [9.17, 15) is 13.5 Å². The number of aromatic amines is 1. The van der Waals surface area contributed by atoms with E-state index in [1.807, 2.05) is 13.8 Å². The van der Waals surface area contributed by atoms with Gasteiger partial charge >= 0.3 is 0 Å². The first-order chi connectivity index (χ1) is 7.73. The van der Waals surface area contributed by atoms with Crippen LogP contribution in [0.3, 0.4) is 0 Å². The van der Waals surface area contributed by atoms with Gasteiger partial charge in [0.2, 0.25) is 0 Å². The van der Waals surface area contributed by atoms with Gasteiger partial charge in [0, 0.05) is 6.54 Å². The van der Waals surface area contributed by atoms with Crippen LogP contribution in [0.1, 0.15) is 27.2 Å². The Morgan fingerprint density at radius 2 is 2.24 bits per heavy atom. The molecule has 0 aromatic carbocycles. The summed E-state index contributed by atoms with van der Waals surface area (Å²) in [5, 5.41) is 9.35. The van der Waals surface area contributed by atoms with E-state index in [1.54, 1.807) is 6.92 Å². The first kappa shape index (κ1) is 14.1. The number of aromatic nitrogens is 2. The van der Waals surface area contributed by atoms with Crippen LogP contribution in [0.25, 0.3) is 0 Å². The van der Waals surface area contributed by atoms with Crippen molar-refractivity contribution in [2.24, 2.45) is 5.41 Å². The fourth-order valence-electron chi connectivity index (χ4n) is 1.63. The highest BCUT2D eigenvalue weighted by molar-refractivity contribution is 7.89. The molecule has 17 heavy (non-hydrogen) atoms. The van der Waals surface area contributed by atoms with Gasteiger partial charge in [-0.3, -0.25) is 0 Å². The number of aliphatic hydroxyl groups is 1. The molecule has 1 aromatic heterocycles. The summed E-state index contributed by atoms with van der Waals surface area (Å²) in [7, 11) is -3.54. The van der Waals surface area contributed by atoms with E-state index >= 15 is 0 Å². The first-order valence-electron chi connectivity index (χ1n) is 5.39. The van der Waals surface area contributed by atoms with Crippen LogP contribution in [-0.4, -0.2) is 36.1 Å². The molecule has 1 unspecified atom stereocenters. The molecular weight excluding hydrogens is 242 g/mol. The minimum absolute atomic E-state index is 0.0466. The van der Waals surface area contributed by atoms with Gasteiger partial charge in [-0.1, -0.05) is 13.8 Å². The first-order valence-corrected chi connectivity index (χ1v) is 6.87. The van der Waals surface area contributed by atoms with Crippen LogP contribution in [-0.2, 0) is 10.0 Å². The molecule has 3 N–H and O–H groups in total. The number of rotatable bonds is 6. The Hall–Kier alpha value is -0.920. The zero-order chi connectivity index (χ0) is 13.1. The average Bonchev–Trinajstić information content (AvgIpc) is 2.66. The van der Waals surface area contributed by atoms with E-state index in [0.29, 0.717) is 6.42 Å². The number of aliphatic hydroxyl groups excluding tert-OH is 1. The Balaban J connectivity index is 2.62. The number of nitrogens with zero attached hydrogens (tertiary/aromatic N) is 1. The smallest absolute Gasteiger partial charge is 0.257 e. The summed E-state index contributed by atoms with van der Waals surface area (Å²) in [4.78, 5) is 6.21. The molecule has 0 bridgehead atoms. The molecule has 0 fully saturated rings. The standard InChI is InChI=1S/C10H19N3O3S/c1-8(14)4-10(2,3)6-13-17(15,16)9-5-11-7-12-9/h5,7-8,13-14H,4,6H2,1-3H3,(H,11,12). The van der Waals surface area contributed by atoms with Crippen LogP contribution in [0.2, 0.25) is 0 Å². The van der Waals surface area contributed by atoms with Crippen molar-refractivity contribution < 1.29 is 13.5 Å². The van der Waals surface area contributed by atoms with Gasteiger partial charge in [-0.2, -0.15) is 0 Å². The van der Waals surface area contributed by atoms with Gasteiger partial charge in [0.15, 0.2) is 5.03 Å². The van der Waals surface area contributed by atoms with Crippen molar-refractivity contribution in [3.63, 3.8) is 0 Å². The average molecular weight is 261 g/mol. The predicted octanol–water partition coefficient (Wildman–Crippen LogP) is 0.485. The number of hydrogen-bond acceptors (Lipinski definition) is 4. The summed E-state index contributed by atoms with van der Waals surface area (Å²) in [6.07, 6.45) is 2.64. The highest BCUT2D eigenvalue weighted by Gasteiger charge is 2.24. The van der Waals surface area contributed by atoms with Crippen LogP contribution in [0.5, 0.6) is 0 Å². The molecule has 1 rings (SSSR count). The van der Waals surface area contributed by atoms with Crippen LogP contribution >= 0.6 is 0 Å². The van der Waals surface area contributed by atoms with Crippen molar-refractivity contribution >= 4 is 10.0 Å². The zero-order valence-electron chi connectivity index (χ0n) is 10.3. The lowest BCUT2D eigenvalue weighted by Gasteiger charge is -2.26. The van der Waals surface area contributed by atoms with E-state index in [1.165, 1.54) is 12.5 Å². The summed E-state index contributed by atoms with van der Waals surface area (Å²) in [6, 6.07) is 0. The molecule has 1 aromatic rings. The summed E-state index contributed by atoms with van der Waals surface area (Å²) in [5.74, 6) is 0. The normalized spacial score (nSPS) is 14.8. The number of hydrogen-bond donors (Lipinski definition) is 3. The minimum Gasteiger partial charge on any atom is -0.393 e. The lowest BCUT2D eigenvalue weighted by molar-refractivity contribution is 0.131. The van der Waals surface area contributed by atoms with Crippen LogP contribution < -0.4 is 4.72 Å². The van der Waals surface area contributed by atoms with Crippen molar-refractivity contribution in [1.29, 1.82) is 0 Å². The zero-order valence-corrected chi connectivity index (χ0v) is 11.1. The second-order valence-electron chi connectivity index (χ2n) is 4.96. The van der Waals surface area contributed by atoms with Gasteiger partial charge in [-0.15, -0.1) is 0 Å². The molecule has 0 aliphatic heterocycles. The third-order valence-electron chi connectivity index (χ3n) is 2.35. The van der Waals surface area contributed by atoms with Crippen LogP contribution in [0.4, 0.5) is 0 Å². The second kappa shape index (κ2) is 5.16. The molecule has 0 spiro atoms. The Morgan fingerprint density at radius 1 is 1.59 bits per heavy atom. The van der Waals surface area contributed by atoms with Crippen molar-refractivity contribution in [1.82, 2.24) is 14.7 Å². The topological polar surface area (TPSA) is 95.1 Å². The molecule has 1 atom stereocenters. The molecule has 6 nitrogen and oxygen atoms in total. The van der Waals surface area contributed by atoms with Crippen molar-refractivity contribution in [3.05, 3.63) is 12.5 Å². The molecule has 98 valence electrons. The maximum absolute atomic E-state index is 11.8. The van der Waals surface area contributed by atoms with E-state index < -0.39 is 16.1 Å². The summed E-state index contributed by atoms with van der Waals surface area (Å²) in [5.41, 5.74) is -0.304. The van der Waals surface area contributed by atoms with Gasteiger partial charge < -0.3 is 10.1 Å². The van der Waals surface area contributed by atoms with Gasteiger partial charge in [0.1, 0.15) is 0 Å². The SMILES string of the molecule is CC(O)CC(C)(C)CNS(=O)(=O)c1cnc[nH]1. The van der Waals surface area contributed by atoms with Crippen molar-refractivity contribution in [3.8, 4) is 0 Å². The summed E-state index contributed by atoms with van der Waals surface area (Å²) < 4.78 is 26.1. The van der Waals surface area contributed by atoms with Crippen molar-refractivity contribution in [2.45, 2.75) is 38.3 Å². The number of H-pyrrole nitrogens is 1. The quantitative estimate of drug-likeness (QED) is 0.694. The second-order valence-corrected chi connectivity index (χ2v) is 6.69. The molecule has 0 amide bonds. The Labute approximate surface area is 102 Å². The number of sulfonamides is 1. The maximum atomic E-state index is 11.8. The fraction of sp³-hybridized carbons (Fsp3) is 0.700. The largest absolute Gasteiger partial charge is 0.393 e.